The molecule has 168 valence electrons. The van der Waals surface area contributed by atoms with Gasteiger partial charge in [-0.2, -0.15) is 0 Å². The molecule has 1 nitrogen and oxygen atoms in total. The molecular weight excluding hydrogens is 434 g/mol. The molecule has 0 heterocycles. The fourth-order valence-electron chi connectivity index (χ4n) is 6.69. The third-order valence-electron chi connectivity index (χ3n) is 8.04. The Balaban J connectivity index is 1.52. The molecule has 6 aromatic rings. The van der Waals surface area contributed by atoms with Crippen molar-refractivity contribution in [1.82, 2.24) is 0 Å². The molecule has 1 atom stereocenters. The quantitative estimate of drug-likeness (QED) is 0.273. The van der Waals surface area contributed by atoms with E-state index >= 15 is 0 Å². The molecule has 1 unspecified atom stereocenters. The Morgan fingerprint density at radius 1 is 0.389 bits per heavy atom. The van der Waals surface area contributed by atoms with Crippen LogP contribution in [0.3, 0.4) is 0 Å². The lowest BCUT2D eigenvalue weighted by Crippen LogP contribution is -2.31. The van der Waals surface area contributed by atoms with E-state index in [1.807, 2.05) is 0 Å². The SMILES string of the molecule is c1ccc(Nc2ccc3c(c2)C2(c4ccccc4-3)c3ccccc3-c3cccc4cccc2c34)cc1. The number of rotatable bonds is 2. The minimum atomic E-state index is -0.370. The Morgan fingerprint density at radius 2 is 0.972 bits per heavy atom. The maximum atomic E-state index is 3.65. The average molecular weight is 458 g/mol. The second kappa shape index (κ2) is 7.19. The molecule has 2 aliphatic carbocycles. The molecule has 2 aliphatic rings. The molecule has 0 bridgehead atoms. The van der Waals surface area contributed by atoms with E-state index in [1.165, 1.54) is 55.3 Å². The molecule has 8 rings (SSSR count). The van der Waals surface area contributed by atoms with Gasteiger partial charge in [0.15, 0.2) is 0 Å². The second-order valence-electron chi connectivity index (χ2n) is 9.80. The Kier molecular flexibility index (Phi) is 3.93. The molecule has 0 saturated carbocycles. The maximum Gasteiger partial charge on any atom is 0.0726 e. The van der Waals surface area contributed by atoms with Gasteiger partial charge in [-0.05, 0) is 79.5 Å². The van der Waals surface area contributed by atoms with Crippen LogP contribution in [0, 0.1) is 0 Å². The van der Waals surface area contributed by atoms with Crippen molar-refractivity contribution in [2.45, 2.75) is 5.41 Å². The van der Waals surface area contributed by atoms with E-state index in [0.29, 0.717) is 0 Å². The number of anilines is 2. The van der Waals surface area contributed by atoms with E-state index in [1.54, 1.807) is 0 Å². The van der Waals surface area contributed by atoms with Gasteiger partial charge in [0.2, 0.25) is 0 Å². The van der Waals surface area contributed by atoms with Gasteiger partial charge in [0.1, 0.15) is 0 Å². The first-order valence-corrected chi connectivity index (χ1v) is 12.5. The van der Waals surface area contributed by atoms with Gasteiger partial charge in [0, 0.05) is 11.4 Å². The van der Waals surface area contributed by atoms with Gasteiger partial charge in [-0.25, -0.2) is 0 Å². The molecular formula is C35H23N. The first-order valence-electron chi connectivity index (χ1n) is 12.5. The number of hydrogen-bond acceptors (Lipinski definition) is 1. The van der Waals surface area contributed by atoms with Crippen molar-refractivity contribution < 1.29 is 0 Å². The highest BCUT2D eigenvalue weighted by Crippen LogP contribution is 2.61. The molecule has 0 fully saturated rings. The summed E-state index contributed by atoms with van der Waals surface area (Å²) in [6.45, 7) is 0. The number of para-hydroxylation sites is 1. The average Bonchev–Trinajstić information content (AvgIpc) is 3.22. The van der Waals surface area contributed by atoms with Gasteiger partial charge in [-0.15, -0.1) is 0 Å². The highest BCUT2D eigenvalue weighted by atomic mass is 14.9. The Bertz CT molecular complexity index is 1810. The molecule has 0 amide bonds. The van der Waals surface area contributed by atoms with Crippen molar-refractivity contribution in [2.75, 3.05) is 5.32 Å². The normalized spacial score (nSPS) is 16.4. The summed E-state index contributed by atoms with van der Waals surface area (Å²) in [4.78, 5) is 0. The van der Waals surface area contributed by atoms with Gasteiger partial charge in [0.25, 0.3) is 0 Å². The van der Waals surface area contributed by atoms with Gasteiger partial charge >= 0.3 is 0 Å². The van der Waals surface area contributed by atoms with Crippen LogP contribution in [0.5, 0.6) is 0 Å². The van der Waals surface area contributed by atoms with E-state index in [4.69, 9.17) is 0 Å². The Hall–Kier alpha value is -4.62. The number of fused-ring (bicyclic) bond motifs is 9. The largest absolute Gasteiger partial charge is 0.356 e. The summed E-state index contributed by atoms with van der Waals surface area (Å²) in [5.74, 6) is 0. The summed E-state index contributed by atoms with van der Waals surface area (Å²) in [6.07, 6.45) is 0. The second-order valence-corrected chi connectivity index (χ2v) is 9.80. The standard InChI is InChI=1S/C35H23N/c1-2-12-24(13-3-1)36-25-20-21-28-26-14-4-6-17-30(26)35(33(28)22-25)31-18-7-5-15-27(31)29-16-8-10-23-11-9-19-32(35)34(23)29/h1-22,36H. The highest BCUT2D eigenvalue weighted by Gasteiger charge is 2.49. The Labute approximate surface area is 210 Å². The van der Waals surface area contributed by atoms with E-state index in [-0.39, 0.29) is 5.41 Å². The zero-order chi connectivity index (χ0) is 23.7. The number of hydrogen-bond donors (Lipinski definition) is 1. The molecule has 0 aromatic heterocycles. The first-order chi connectivity index (χ1) is 17.9. The summed E-state index contributed by atoms with van der Waals surface area (Å²) in [5, 5.41) is 6.31. The number of benzene rings is 6. The maximum absolute atomic E-state index is 3.65. The van der Waals surface area contributed by atoms with Gasteiger partial charge in [-0.1, -0.05) is 109 Å². The fourth-order valence-corrected chi connectivity index (χ4v) is 6.69. The van der Waals surface area contributed by atoms with Crippen LogP contribution in [-0.2, 0) is 5.41 Å². The van der Waals surface area contributed by atoms with Crippen LogP contribution >= 0.6 is 0 Å². The van der Waals surface area contributed by atoms with Crippen molar-refractivity contribution in [2.24, 2.45) is 0 Å². The number of nitrogens with one attached hydrogen (secondary N) is 1. The highest BCUT2D eigenvalue weighted by molar-refractivity contribution is 6.07. The zero-order valence-corrected chi connectivity index (χ0v) is 19.7. The smallest absolute Gasteiger partial charge is 0.0726 e. The molecule has 1 heteroatoms. The lowest BCUT2D eigenvalue weighted by molar-refractivity contribution is 0.774. The third kappa shape index (κ3) is 2.44. The molecule has 0 radical (unpaired) electrons. The fraction of sp³-hybridized carbons (Fsp3) is 0.0286. The van der Waals surface area contributed by atoms with E-state index < -0.39 is 0 Å². The predicted molar refractivity (Wildman–Crippen MR) is 150 cm³/mol. The van der Waals surface area contributed by atoms with Crippen LogP contribution in [0.1, 0.15) is 22.3 Å². The predicted octanol–water partition coefficient (Wildman–Crippen LogP) is 8.93. The van der Waals surface area contributed by atoms with Crippen LogP contribution in [-0.4, -0.2) is 0 Å². The van der Waals surface area contributed by atoms with Gasteiger partial charge < -0.3 is 5.32 Å². The lowest BCUT2D eigenvalue weighted by atomic mass is 9.61. The van der Waals surface area contributed by atoms with Crippen LogP contribution in [0.15, 0.2) is 133 Å². The Morgan fingerprint density at radius 3 is 1.75 bits per heavy atom. The molecule has 0 saturated heterocycles. The first kappa shape index (κ1) is 19.7. The topological polar surface area (TPSA) is 12.0 Å². The van der Waals surface area contributed by atoms with Crippen molar-refractivity contribution >= 4 is 22.1 Å². The molecule has 0 aliphatic heterocycles. The van der Waals surface area contributed by atoms with Gasteiger partial charge in [0.05, 0.1) is 5.41 Å². The van der Waals surface area contributed by atoms with Crippen molar-refractivity contribution in [3.8, 4) is 22.3 Å². The summed E-state index contributed by atoms with van der Waals surface area (Å²) >= 11 is 0. The van der Waals surface area contributed by atoms with Crippen LogP contribution in [0.25, 0.3) is 33.0 Å². The van der Waals surface area contributed by atoms with Crippen molar-refractivity contribution in [1.29, 1.82) is 0 Å². The minimum absolute atomic E-state index is 0.370. The van der Waals surface area contributed by atoms with Gasteiger partial charge in [-0.3, -0.25) is 0 Å². The summed E-state index contributed by atoms with van der Waals surface area (Å²) < 4.78 is 0. The summed E-state index contributed by atoms with van der Waals surface area (Å²) in [7, 11) is 0. The monoisotopic (exact) mass is 457 g/mol. The summed E-state index contributed by atoms with van der Waals surface area (Å²) in [6, 6.07) is 48.9. The van der Waals surface area contributed by atoms with Crippen LogP contribution < -0.4 is 5.32 Å². The molecule has 1 spiro atoms. The van der Waals surface area contributed by atoms with E-state index in [9.17, 15) is 0 Å². The van der Waals surface area contributed by atoms with E-state index in [2.05, 4.69) is 139 Å². The lowest BCUT2D eigenvalue weighted by Gasteiger charge is -2.40. The van der Waals surface area contributed by atoms with Crippen molar-refractivity contribution in [3.05, 3.63) is 156 Å². The van der Waals surface area contributed by atoms with E-state index in [0.717, 1.165) is 11.4 Å². The zero-order valence-electron chi connectivity index (χ0n) is 19.7. The van der Waals surface area contributed by atoms with Crippen LogP contribution in [0.4, 0.5) is 11.4 Å². The van der Waals surface area contributed by atoms with Crippen LogP contribution in [0.2, 0.25) is 0 Å². The minimum Gasteiger partial charge on any atom is -0.356 e. The van der Waals surface area contributed by atoms with Crippen molar-refractivity contribution in [3.63, 3.8) is 0 Å². The molecule has 1 N–H and O–H groups in total. The molecule has 36 heavy (non-hydrogen) atoms. The molecule has 6 aromatic carbocycles. The summed E-state index contributed by atoms with van der Waals surface area (Å²) in [5.41, 5.74) is 12.6. The third-order valence-corrected chi connectivity index (χ3v) is 8.04.